The van der Waals surface area contributed by atoms with E-state index in [4.69, 9.17) is 16.3 Å². The molecule has 4 aromatic rings. The average Bonchev–Trinajstić information content (AvgIpc) is 2.96. The molecule has 0 bridgehead atoms. The summed E-state index contributed by atoms with van der Waals surface area (Å²) in [5.74, 6) is 0. The molecule has 2 nitrogen and oxygen atoms in total. The molecule has 137 valence electrons. The van der Waals surface area contributed by atoms with Crippen LogP contribution in [-0.4, -0.2) is 23.8 Å². The number of rotatable bonds is 4. The van der Waals surface area contributed by atoms with Crippen molar-refractivity contribution in [3.05, 3.63) is 53.6 Å². The Balaban J connectivity index is 1.78. The van der Waals surface area contributed by atoms with E-state index in [2.05, 4.69) is 42.5 Å². The van der Waals surface area contributed by atoms with Crippen molar-refractivity contribution in [1.29, 1.82) is 0 Å². The second-order valence-corrected chi connectivity index (χ2v) is 9.38. The molecule has 1 radical (unpaired) electrons. The number of halogens is 1. The second kappa shape index (κ2) is 6.49. The van der Waals surface area contributed by atoms with Crippen LogP contribution in [0.2, 0.25) is 5.02 Å². The van der Waals surface area contributed by atoms with Gasteiger partial charge in [0.15, 0.2) is 0 Å². The van der Waals surface area contributed by atoms with E-state index in [-0.39, 0.29) is 0 Å². The van der Waals surface area contributed by atoms with Gasteiger partial charge in [-0.1, -0.05) is 48.0 Å². The van der Waals surface area contributed by atoms with E-state index in [0.717, 1.165) is 15.5 Å². The van der Waals surface area contributed by atoms with Gasteiger partial charge in [0, 0.05) is 15.5 Å². The van der Waals surface area contributed by atoms with Crippen LogP contribution in [0.25, 0.3) is 30.9 Å². The van der Waals surface area contributed by atoms with Gasteiger partial charge in [0.2, 0.25) is 0 Å². The summed E-state index contributed by atoms with van der Waals surface area (Å²) in [5, 5.41) is 15.8. The third kappa shape index (κ3) is 3.25. The Morgan fingerprint density at radius 3 is 2.30 bits per heavy atom. The van der Waals surface area contributed by atoms with Gasteiger partial charge in [-0.15, -0.1) is 11.3 Å². The normalized spacial score (nSPS) is 13.0. The number of hydrogen-bond acceptors (Lipinski definition) is 3. The number of hydrogen-bond donors (Lipinski definition) is 1. The fraction of sp³-hybridized carbons (Fsp3) is 0.273. The molecule has 0 aliphatic rings. The minimum atomic E-state index is -0.974. The summed E-state index contributed by atoms with van der Waals surface area (Å²) in [7, 11) is 1.65. The van der Waals surface area contributed by atoms with Crippen LogP contribution in [0, 0.1) is 0 Å². The largest absolute Gasteiger partial charge is 0.427 e. The Labute approximate surface area is 169 Å². The predicted octanol–water partition coefficient (Wildman–Crippen LogP) is 5.67. The molecule has 0 saturated heterocycles. The Hall–Kier alpha value is -1.59. The minimum Gasteiger partial charge on any atom is -0.427 e. The lowest BCUT2D eigenvalue weighted by molar-refractivity contribution is -0.0893. The molecule has 0 saturated carbocycles. The van der Waals surface area contributed by atoms with Crippen LogP contribution in [-0.2, 0) is 4.65 Å². The third-order valence-electron chi connectivity index (χ3n) is 5.43. The Morgan fingerprint density at radius 1 is 0.963 bits per heavy atom. The first-order valence-corrected chi connectivity index (χ1v) is 10.1. The molecule has 0 atom stereocenters. The Kier molecular flexibility index (Phi) is 4.51. The number of fused-ring (bicyclic) bond motifs is 4. The summed E-state index contributed by atoms with van der Waals surface area (Å²) < 4.78 is 8.17. The zero-order chi connectivity index (χ0) is 19.4. The fourth-order valence-electron chi connectivity index (χ4n) is 2.95. The van der Waals surface area contributed by atoms with E-state index >= 15 is 0 Å². The van der Waals surface area contributed by atoms with E-state index < -0.39 is 11.2 Å². The lowest BCUT2D eigenvalue weighted by Crippen LogP contribution is -2.49. The Bertz CT molecular complexity index is 1160. The molecule has 4 rings (SSSR count). The summed E-state index contributed by atoms with van der Waals surface area (Å²) in [5.41, 5.74) is -0.890. The van der Waals surface area contributed by atoms with Crippen molar-refractivity contribution in [2.75, 3.05) is 0 Å². The molecule has 1 N–H and O–H groups in total. The standard InChI is InChI=1S/C22H21BClO2S/c1-21(2,25)22(3,4)26-23-17-10-9-15-16-11-13-7-5-6-8-14(13)12-18(16)27-20(15)19(17)24/h5-12,25H,1-4H3. The molecule has 0 fully saturated rings. The van der Waals surface area contributed by atoms with Gasteiger partial charge in [-0.2, -0.15) is 0 Å². The molecule has 0 spiro atoms. The zero-order valence-corrected chi connectivity index (χ0v) is 17.4. The van der Waals surface area contributed by atoms with Gasteiger partial charge in [-0.25, -0.2) is 0 Å². The molecular weight excluding hydrogens is 375 g/mol. The first-order valence-electron chi connectivity index (χ1n) is 8.94. The maximum absolute atomic E-state index is 10.3. The van der Waals surface area contributed by atoms with Crippen LogP contribution in [0.4, 0.5) is 0 Å². The number of aliphatic hydroxyl groups is 1. The molecule has 0 amide bonds. The van der Waals surface area contributed by atoms with Crippen molar-refractivity contribution in [3.8, 4) is 0 Å². The third-order valence-corrected chi connectivity index (χ3v) is 7.14. The van der Waals surface area contributed by atoms with Gasteiger partial charge in [0.1, 0.15) is 0 Å². The van der Waals surface area contributed by atoms with Crippen LogP contribution >= 0.6 is 22.9 Å². The topological polar surface area (TPSA) is 29.5 Å². The molecule has 27 heavy (non-hydrogen) atoms. The van der Waals surface area contributed by atoms with Crippen LogP contribution in [0.15, 0.2) is 48.5 Å². The van der Waals surface area contributed by atoms with Crippen molar-refractivity contribution in [2.24, 2.45) is 0 Å². The lowest BCUT2D eigenvalue weighted by atomic mass is 9.82. The van der Waals surface area contributed by atoms with Crippen molar-refractivity contribution in [3.63, 3.8) is 0 Å². The number of benzene rings is 3. The molecule has 0 aliphatic carbocycles. The van der Waals surface area contributed by atoms with Crippen LogP contribution < -0.4 is 5.46 Å². The fourth-order valence-corrected chi connectivity index (χ4v) is 4.46. The van der Waals surface area contributed by atoms with Gasteiger partial charge in [0.25, 0.3) is 0 Å². The van der Waals surface area contributed by atoms with E-state index in [0.29, 0.717) is 5.02 Å². The Morgan fingerprint density at radius 2 is 1.63 bits per heavy atom. The summed E-state index contributed by atoms with van der Waals surface area (Å²) in [4.78, 5) is 0. The molecule has 3 aromatic carbocycles. The van der Waals surface area contributed by atoms with Crippen molar-refractivity contribution in [1.82, 2.24) is 0 Å². The van der Waals surface area contributed by atoms with Crippen molar-refractivity contribution < 1.29 is 9.76 Å². The SMILES string of the molecule is CC(C)(O)C(C)(C)O[B]c1ccc2c(sc3cc4ccccc4cc32)c1Cl. The highest BCUT2D eigenvalue weighted by Crippen LogP contribution is 2.39. The van der Waals surface area contributed by atoms with Gasteiger partial charge in [0.05, 0.1) is 20.9 Å². The minimum absolute atomic E-state index is 0.685. The molecule has 1 heterocycles. The number of thiophene rings is 1. The lowest BCUT2D eigenvalue weighted by Gasteiger charge is -2.37. The van der Waals surface area contributed by atoms with Crippen LogP contribution in [0.1, 0.15) is 27.7 Å². The highest BCUT2D eigenvalue weighted by Gasteiger charge is 2.36. The van der Waals surface area contributed by atoms with E-state index in [1.165, 1.54) is 20.9 Å². The van der Waals surface area contributed by atoms with Gasteiger partial charge in [-0.05, 0) is 56.1 Å². The molecular formula is C22H21BClO2S. The maximum atomic E-state index is 10.3. The summed E-state index contributed by atoms with van der Waals surface area (Å²) >= 11 is 8.42. The maximum Gasteiger partial charge on any atom is 0.332 e. The smallest absolute Gasteiger partial charge is 0.332 e. The summed E-state index contributed by atoms with van der Waals surface area (Å²) in [6, 6.07) is 16.9. The van der Waals surface area contributed by atoms with E-state index in [1.807, 2.05) is 19.9 Å². The van der Waals surface area contributed by atoms with Gasteiger partial charge >= 0.3 is 7.48 Å². The first-order chi connectivity index (χ1) is 12.7. The first kappa shape index (κ1) is 18.8. The molecule has 1 aromatic heterocycles. The molecule has 5 heteroatoms. The predicted molar refractivity (Wildman–Crippen MR) is 119 cm³/mol. The van der Waals surface area contributed by atoms with Gasteiger partial charge < -0.3 is 9.76 Å². The van der Waals surface area contributed by atoms with Crippen molar-refractivity contribution in [2.45, 2.75) is 38.9 Å². The van der Waals surface area contributed by atoms with E-state index in [9.17, 15) is 5.11 Å². The zero-order valence-electron chi connectivity index (χ0n) is 15.8. The van der Waals surface area contributed by atoms with Crippen LogP contribution in [0.5, 0.6) is 0 Å². The second-order valence-electron chi connectivity index (χ2n) is 7.95. The molecule has 0 aliphatic heterocycles. The van der Waals surface area contributed by atoms with Gasteiger partial charge in [-0.3, -0.25) is 0 Å². The highest BCUT2D eigenvalue weighted by molar-refractivity contribution is 7.26. The quantitative estimate of drug-likeness (QED) is 0.451. The van der Waals surface area contributed by atoms with Crippen LogP contribution in [0.3, 0.4) is 0 Å². The van der Waals surface area contributed by atoms with Crippen molar-refractivity contribution >= 4 is 66.8 Å². The summed E-state index contributed by atoms with van der Waals surface area (Å²) in [6.45, 7) is 7.20. The van der Waals surface area contributed by atoms with E-state index in [1.54, 1.807) is 32.7 Å². The highest BCUT2D eigenvalue weighted by atomic mass is 35.5. The average molecular weight is 396 g/mol. The summed E-state index contributed by atoms with van der Waals surface area (Å²) in [6.07, 6.45) is 0. The molecule has 0 unspecified atom stereocenters. The monoisotopic (exact) mass is 395 g/mol.